The van der Waals surface area contributed by atoms with Gasteiger partial charge in [-0.3, -0.25) is 14.3 Å². The molecule has 0 aliphatic rings. The Bertz CT molecular complexity index is 989. The van der Waals surface area contributed by atoms with Gasteiger partial charge in [0.2, 0.25) is 15.9 Å². The number of rotatable bonds is 7. The Morgan fingerprint density at radius 2 is 1.86 bits per heavy atom. The minimum atomic E-state index is -3.58. The zero-order valence-electron chi connectivity index (χ0n) is 16.1. The zero-order valence-corrected chi connectivity index (χ0v) is 16.9. The van der Waals surface area contributed by atoms with Crippen LogP contribution in [0.2, 0.25) is 0 Å². The van der Waals surface area contributed by atoms with Crippen LogP contribution in [-0.2, 0) is 21.4 Å². The lowest BCUT2D eigenvalue weighted by Crippen LogP contribution is -2.25. The van der Waals surface area contributed by atoms with Gasteiger partial charge in [0, 0.05) is 39.4 Å². The van der Waals surface area contributed by atoms with Crippen molar-refractivity contribution in [1.29, 1.82) is 0 Å². The summed E-state index contributed by atoms with van der Waals surface area (Å²) in [5.74, 6) is -0.0383. The highest BCUT2D eigenvalue weighted by Gasteiger charge is 2.16. The molecular formula is C18H23N5O4S. The second-order valence-electron chi connectivity index (χ2n) is 6.42. The predicted molar refractivity (Wildman–Crippen MR) is 109 cm³/mol. The number of hydrogen-bond acceptors (Lipinski definition) is 6. The fourth-order valence-corrected chi connectivity index (χ4v) is 2.97. The Morgan fingerprint density at radius 1 is 1.14 bits per heavy atom. The van der Waals surface area contributed by atoms with Crippen molar-refractivity contribution in [3.05, 3.63) is 47.7 Å². The molecule has 0 radical (unpaired) electrons. The lowest BCUT2D eigenvalue weighted by Gasteiger charge is -2.14. The van der Waals surface area contributed by atoms with E-state index in [0.717, 1.165) is 17.6 Å². The van der Waals surface area contributed by atoms with E-state index in [9.17, 15) is 18.0 Å². The summed E-state index contributed by atoms with van der Waals surface area (Å²) in [7, 11) is 0.142. The van der Waals surface area contributed by atoms with Crippen molar-refractivity contribution >= 4 is 39.0 Å². The van der Waals surface area contributed by atoms with Crippen molar-refractivity contribution in [3.8, 4) is 0 Å². The molecule has 2 aromatic rings. The monoisotopic (exact) mass is 405 g/mol. The normalized spacial score (nSPS) is 10.9. The van der Waals surface area contributed by atoms with Gasteiger partial charge >= 0.3 is 0 Å². The van der Waals surface area contributed by atoms with Gasteiger partial charge in [-0.1, -0.05) is 0 Å². The number of amides is 2. The maximum absolute atomic E-state index is 12.7. The summed E-state index contributed by atoms with van der Waals surface area (Å²) in [6.45, 7) is 1.57. The van der Waals surface area contributed by atoms with E-state index >= 15 is 0 Å². The average Bonchev–Trinajstić information content (AvgIpc) is 2.59. The van der Waals surface area contributed by atoms with Gasteiger partial charge in [0.05, 0.1) is 17.5 Å². The van der Waals surface area contributed by atoms with Gasteiger partial charge in [0.1, 0.15) is 5.82 Å². The molecule has 1 heterocycles. The molecule has 150 valence electrons. The van der Waals surface area contributed by atoms with Crippen LogP contribution < -0.4 is 20.3 Å². The molecule has 0 atom stereocenters. The number of carbonyl (C=O) groups excluding carboxylic acids is 2. The predicted octanol–water partition coefficient (Wildman–Crippen LogP) is 1.41. The maximum atomic E-state index is 12.7. The van der Waals surface area contributed by atoms with Crippen LogP contribution in [0.3, 0.4) is 0 Å². The van der Waals surface area contributed by atoms with Crippen LogP contribution in [0.15, 0.2) is 36.5 Å². The second-order valence-corrected chi connectivity index (χ2v) is 8.16. The van der Waals surface area contributed by atoms with Crippen LogP contribution in [0.1, 0.15) is 22.8 Å². The number of anilines is 3. The third kappa shape index (κ3) is 6.23. The number of benzene rings is 1. The summed E-state index contributed by atoms with van der Waals surface area (Å²) in [6, 6.07) is 7.97. The van der Waals surface area contributed by atoms with Gasteiger partial charge in [0.15, 0.2) is 0 Å². The molecular weight excluding hydrogens is 382 g/mol. The fourth-order valence-electron chi connectivity index (χ4n) is 2.39. The van der Waals surface area contributed by atoms with Gasteiger partial charge in [0.25, 0.3) is 5.91 Å². The largest absolute Gasteiger partial charge is 0.363 e. The number of aromatic nitrogens is 1. The van der Waals surface area contributed by atoms with Crippen molar-refractivity contribution in [2.75, 3.05) is 35.3 Å². The van der Waals surface area contributed by atoms with Gasteiger partial charge in [-0.2, -0.15) is 0 Å². The standard InChI is InChI=1S/C18H23N5O4S/c1-12(24)21-14-5-6-16(22-28(4,26)27)15(10-14)18(25)20-11-13-7-8-19-17(9-13)23(2)3/h5-10,22H,11H2,1-4H3,(H,20,25)(H,21,24). The summed E-state index contributed by atoms with van der Waals surface area (Å²) in [6.07, 6.45) is 2.64. The topological polar surface area (TPSA) is 120 Å². The minimum absolute atomic E-state index is 0.0959. The van der Waals surface area contributed by atoms with E-state index in [2.05, 4.69) is 20.3 Å². The summed E-state index contributed by atoms with van der Waals surface area (Å²) in [5.41, 5.74) is 1.44. The van der Waals surface area contributed by atoms with Crippen LogP contribution in [0.25, 0.3) is 0 Å². The number of pyridine rings is 1. The summed E-state index contributed by atoms with van der Waals surface area (Å²) >= 11 is 0. The number of hydrogen-bond donors (Lipinski definition) is 3. The first-order chi connectivity index (χ1) is 13.0. The molecule has 0 saturated carbocycles. The highest BCUT2D eigenvalue weighted by atomic mass is 32.2. The molecule has 0 aliphatic heterocycles. The molecule has 3 N–H and O–H groups in total. The van der Waals surface area contributed by atoms with Crippen molar-refractivity contribution in [1.82, 2.24) is 10.3 Å². The van der Waals surface area contributed by atoms with Gasteiger partial charge in [-0.15, -0.1) is 0 Å². The Hall–Kier alpha value is -3.14. The molecule has 0 bridgehead atoms. The van der Waals surface area contributed by atoms with E-state index in [-0.39, 0.29) is 23.7 Å². The van der Waals surface area contributed by atoms with Gasteiger partial charge in [-0.25, -0.2) is 13.4 Å². The number of nitrogens with zero attached hydrogens (tertiary/aromatic N) is 2. The maximum Gasteiger partial charge on any atom is 0.253 e. The van der Waals surface area contributed by atoms with E-state index in [1.165, 1.54) is 25.1 Å². The minimum Gasteiger partial charge on any atom is -0.363 e. The van der Waals surface area contributed by atoms with E-state index < -0.39 is 15.9 Å². The average molecular weight is 405 g/mol. The molecule has 1 aromatic heterocycles. The first kappa shape index (κ1) is 21.2. The van der Waals surface area contributed by atoms with Crippen molar-refractivity contribution in [2.45, 2.75) is 13.5 Å². The smallest absolute Gasteiger partial charge is 0.253 e. The van der Waals surface area contributed by atoms with Crippen LogP contribution in [0.4, 0.5) is 17.2 Å². The van der Waals surface area contributed by atoms with Crippen LogP contribution >= 0.6 is 0 Å². The molecule has 0 unspecified atom stereocenters. The van der Waals surface area contributed by atoms with Crippen LogP contribution in [-0.4, -0.2) is 45.6 Å². The third-order valence-corrected chi connectivity index (χ3v) is 4.19. The SMILES string of the molecule is CC(=O)Nc1ccc(NS(C)(=O)=O)c(C(=O)NCc2ccnc(N(C)C)c2)c1. The molecule has 0 spiro atoms. The lowest BCUT2D eigenvalue weighted by atomic mass is 10.1. The Morgan fingerprint density at radius 3 is 2.46 bits per heavy atom. The zero-order chi connectivity index (χ0) is 20.9. The summed E-state index contributed by atoms with van der Waals surface area (Å²) < 4.78 is 25.5. The quantitative estimate of drug-likeness (QED) is 0.640. The number of carbonyl (C=O) groups is 2. The van der Waals surface area contributed by atoms with Crippen molar-refractivity contribution in [2.24, 2.45) is 0 Å². The van der Waals surface area contributed by atoms with Gasteiger partial charge in [-0.05, 0) is 35.9 Å². The Kier molecular flexibility index (Phi) is 6.57. The van der Waals surface area contributed by atoms with Crippen molar-refractivity contribution in [3.63, 3.8) is 0 Å². The molecule has 10 heteroatoms. The fraction of sp³-hybridized carbons (Fsp3) is 0.278. The summed E-state index contributed by atoms with van der Waals surface area (Å²) in [4.78, 5) is 30.0. The Labute approximate surface area is 164 Å². The van der Waals surface area contributed by atoms with Gasteiger partial charge < -0.3 is 15.5 Å². The highest BCUT2D eigenvalue weighted by molar-refractivity contribution is 7.92. The second kappa shape index (κ2) is 8.70. The summed E-state index contributed by atoms with van der Waals surface area (Å²) in [5, 5.41) is 5.33. The van der Waals surface area contributed by atoms with E-state index in [1.54, 1.807) is 12.3 Å². The Balaban J connectivity index is 2.26. The molecule has 0 fully saturated rings. The molecule has 28 heavy (non-hydrogen) atoms. The third-order valence-electron chi connectivity index (χ3n) is 3.60. The first-order valence-electron chi connectivity index (χ1n) is 8.35. The molecule has 0 saturated heterocycles. The molecule has 1 aromatic carbocycles. The molecule has 2 rings (SSSR count). The van der Waals surface area contributed by atoms with Crippen LogP contribution in [0.5, 0.6) is 0 Å². The highest BCUT2D eigenvalue weighted by Crippen LogP contribution is 2.22. The molecule has 2 amide bonds. The van der Waals surface area contributed by atoms with E-state index in [0.29, 0.717) is 5.69 Å². The van der Waals surface area contributed by atoms with Crippen LogP contribution in [0, 0.1) is 0 Å². The molecule has 0 aliphatic carbocycles. The van der Waals surface area contributed by atoms with E-state index in [1.807, 2.05) is 25.1 Å². The van der Waals surface area contributed by atoms with Crippen molar-refractivity contribution < 1.29 is 18.0 Å². The lowest BCUT2D eigenvalue weighted by molar-refractivity contribution is -0.114. The van der Waals surface area contributed by atoms with E-state index in [4.69, 9.17) is 0 Å². The molecule has 9 nitrogen and oxygen atoms in total. The first-order valence-corrected chi connectivity index (χ1v) is 10.2. The number of nitrogens with one attached hydrogen (secondary N) is 3. The number of sulfonamides is 1.